The van der Waals surface area contributed by atoms with Crippen molar-refractivity contribution in [2.24, 2.45) is 0 Å². The second-order valence-electron chi connectivity index (χ2n) is 3.99. The molecule has 3 nitrogen and oxygen atoms in total. The van der Waals surface area contributed by atoms with Crippen molar-refractivity contribution < 1.29 is 9.90 Å². The van der Waals surface area contributed by atoms with Crippen molar-refractivity contribution in [1.82, 2.24) is 4.90 Å². The number of aliphatic hydroxyl groups is 1. The van der Waals surface area contributed by atoms with Gasteiger partial charge >= 0.3 is 0 Å². The first-order chi connectivity index (χ1) is 8.16. The number of aliphatic hydroxyl groups excluding tert-OH is 1. The van der Waals surface area contributed by atoms with Crippen molar-refractivity contribution in [2.45, 2.75) is 19.3 Å². The standard InChI is InChI=1S/C13H18INO2/c1-15(9-5-2-6-10-16)13(17)11-7-3-4-8-12(11)14/h3-4,7-8,16H,2,5-6,9-10H2,1H3. The van der Waals surface area contributed by atoms with Crippen LogP contribution in [-0.4, -0.2) is 36.1 Å². The van der Waals surface area contributed by atoms with Crippen molar-refractivity contribution in [1.29, 1.82) is 0 Å². The zero-order valence-corrected chi connectivity index (χ0v) is 12.2. The summed E-state index contributed by atoms with van der Waals surface area (Å²) in [6.45, 7) is 0.970. The van der Waals surface area contributed by atoms with Gasteiger partial charge in [-0.05, 0) is 54.0 Å². The second kappa shape index (κ2) is 7.66. The largest absolute Gasteiger partial charge is 0.396 e. The topological polar surface area (TPSA) is 40.5 Å². The summed E-state index contributed by atoms with van der Waals surface area (Å²) in [5.74, 6) is 0.0685. The summed E-state index contributed by atoms with van der Waals surface area (Å²) in [7, 11) is 1.82. The van der Waals surface area contributed by atoms with Gasteiger partial charge in [-0.3, -0.25) is 4.79 Å². The van der Waals surface area contributed by atoms with Gasteiger partial charge in [-0.2, -0.15) is 0 Å². The maximum absolute atomic E-state index is 12.1. The SMILES string of the molecule is CN(CCCCCO)C(=O)c1ccccc1I. The first kappa shape index (κ1) is 14.4. The van der Waals surface area contributed by atoms with Crippen LogP contribution >= 0.6 is 22.6 Å². The number of benzene rings is 1. The van der Waals surface area contributed by atoms with E-state index in [1.165, 1.54) is 0 Å². The minimum absolute atomic E-state index is 0.0685. The molecule has 0 spiro atoms. The zero-order chi connectivity index (χ0) is 12.7. The van der Waals surface area contributed by atoms with E-state index < -0.39 is 0 Å². The summed E-state index contributed by atoms with van der Waals surface area (Å²) in [6, 6.07) is 7.61. The summed E-state index contributed by atoms with van der Waals surface area (Å²) >= 11 is 2.18. The maximum Gasteiger partial charge on any atom is 0.254 e. The smallest absolute Gasteiger partial charge is 0.254 e. The Balaban J connectivity index is 2.49. The summed E-state index contributed by atoms with van der Waals surface area (Å²) < 4.78 is 0.984. The first-order valence-electron chi connectivity index (χ1n) is 5.77. The average Bonchev–Trinajstić information content (AvgIpc) is 2.34. The number of amides is 1. The Morgan fingerprint density at radius 1 is 1.29 bits per heavy atom. The number of hydrogen-bond donors (Lipinski definition) is 1. The van der Waals surface area contributed by atoms with E-state index in [1.54, 1.807) is 4.90 Å². The van der Waals surface area contributed by atoms with E-state index >= 15 is 0 Å². The van der Waals surface area contributed by atoms with Crippen LogP contribution in [0, 0.1) is 3.57 Å². The van der Waals surface area contributed by atoms with E-state index in [4.69, 9.17) is 5.11 Å². The Morgan fingerprint density at radius 2 is 2.00 bits per heavy atom. The predicted molar refractivity (Wildman–Crippen MR) is 77.1 cm³/mol. The van der Waals surface area contributed by atoms with Crippen LogP contribution in [0.5, 0.6) is 0 Å². The summed E-state index contributed by atoms with van der Waals surface area (Å²) in [5.41, 5.74) is 0.762. The molecule has 0 aromatic heterocycles. The van der Waals surface area contributed by atoms with Crippen molar-refractivity contribution >= 4 is 28.5 Å². The van der Waals surface area contributed by atoms with Gasteiger partial charge in [0, 0.05) is 23.8 Å². The molecule has 4 heteroatoms. The monoisotopic (exact) mass is 347 g/mol. The second-order valence-corrected chi connectivity index (χ2v) is 5.15. The van der Waals surface area contributed by atoms with Gasteiger partial charge in [0.15, 0.2) is 0 Å². The Bertz CT molecular complexity index is 368. The van der Waals surface area contributed by atoms with Crippen molar-refractivity contribution in [2.75, 3.05) is 20.2 Å². The molecule has 0 aliphatic rings. The maximum atomic E-state index is 12.1. The molecular weight excluding hydrogens is 329 g/mol. The Hall–Kier alpha value is -0.620. The van der Waals surface area contributed by atoms with E-state index in [-0.39, 0.29) is 12.5 Å². The van der Waals surface area contributed by atoms with Crippen LogP contribution < -0.4 is 0 Å². The fraction of sp³-hybridized carbons (Fsp3) is 0.462. The number of unbranched alkanes of at least 4 members (excludes halogenated alkanes) is 2. The third-order valence-corrected chi connectivity index (χ3v) is 3.54. The molecule has 1 aromatic rings. The highest BCUT2D eigenvalue weighted by Crippen LogP contribution is 2.13. The summed E-state index contributed by atoms with van der Waals surface area (Å²) in [5, 5.41) is 8.67. The number of nitrogens with zero attached hydrogens (tertiary/aromatic N) is 1. The van der Waals surface area contributed by atoms with Gasteiger partial charge in [-0.15, -0.1) is 0 Å². The minimum Gasteiger partial charge on any atom is -0.396 e. The average molecular weight is 347 g/mol. The van der Waals surface area contributed by atoms with E-state index in [2.05, 4.69) is 22.6 Å². The highest BCUT2D eigenvalue weighted by Gasteiger charge is 2.13. The van der Waals surface area contributed by atoms with Gasteiger partial charge in [0.05, 0.1) is 5.56 Å². The minimum atomic E-state index is 0.0685. The van der Waals surface area contributed by atoms with E-state index in [9.17, 15) is 4.79 Å². The number of hydrogen-bond acceptors (Lipinski definition) is 2. The van der Waals surface area contributed by atoms with E-state index in [0.717, 1.165) is 34.9 Å². The molecule has 0 radical (unpaired) electrons. The molecule has 0 unspecified atom stereocenters. The lowest BCUT2D eigenvalue weighted by Crippen LogP contribution is -2.28. The molecule has 0 fully saturated rings. The lowest BCUT2D eigenvalue weighted by atomic mass is 10.2. The van der Waals surface area contributed by atoms with Gasteiger partial charge in [0.25, 0.3) is 5.91 Å². The summed E-state index contributed by atoms with van der Waals surface area (Å²) in [4.78, 5) is 13.8. The zero-order valence-electron chi connectivity index (χ0n) is 10.0. The van der Waals surface area contributed by atoms with Crippen molar-refractivity contribution in [3.05, 3.63) is 33.4 Å². The van der Waals surface area contributed by atoms with Gasteiger partial charge in [-0.25, -0.2) is 0 Å². The molecule has 1 aromatic carbocycles. The lowest BCUT2D eigenvalue weighted by Gasteiger charge is -2.17. The first-order valence-corrected chi connectivity index (χ1v) is 6.85. The predicted octanol–water partition coefficient (Wildman–Crippen LogP) is 2.53. The number of rotatable bonds is 6. The van der Waals surface area contributed by atoms with Crippen LogP contribution in [0.4, 0.5) is 0 Å². The normalized spacial score (nSPS) is 10.3. The number of halogens is 1. The van der Waals surface area contributed by atoms with E-state index in [1.807, 2.05) is 31.3 Å². The van der Waals surface area contributed by atoms with Gasteiger partial charge in [0.2, 0.25) is 0 Å². The molecular formula is C13H18INO2. The molecule has 0 heterocycles. The Labute approximate surface area is 116 Å². The fourth-order valence-electron chi connectivity index (χ4n) is 1.58. The van der Waals surface area contributed by atoms with Crippen LogP contribution in [0.15, 0.2) is 24.3 Å². The molecule has 1 amide bonds. The molecule has 94 valence electrons. The van der Waals surface area contributed by atoms with Crippen LogP contribution in [0.25, 0.3) is 0 Å². The molecule has 1 rings (SSSR count). The molecule has 0 atom stereocenters. The highest BCUT2D eigenvalue weighted by molar-refractivity contribution is 14.1. The van der Waals surface area contributed by atoms with Gasteiger partial charge in [0.1, 0.15) is 0 Å². The highest BCUT2D eigenvalue weighted by atomic mass is 127. The van der Waals surface area contributed by atoms with Crippen molar-refractivity contribution in [3.63, 3.8) is 0 Å². The quantitative estimate of drug-likeness (QED) is 0.635. The Kier molecular flexibility index (Phi) is 6.50. The Morgan fingerprint density at radius 3 is 2.65 bits per heavy atom. The molecule has 0 aliphatic heterocycles. The fourth-order valence-corrected chi connectivity index (χ4v) is 2.20. The third-order valence-electron chi connectivity index (χ3n) is 2.60. The molecule has 0 aliphatic carbocycles. The molecule has 17 heavy (non-hydrogen) atoms. The van der Waals surface area contributed by atoms with Crippen LogP contribution in [0.2, 0.25) is 0 Å². The van der Waals surface area contributed by atoms with Crippen LogP contribution in [0.1, 0.15) is 29.6 Å². The summed E-state index contributed by atoms with van der Waals surface area (Å²) in [6.07, 6.45) is 2.71. The number of carbonyl (C=O) groups is 1. The van der Waals surface area contributed by atoms with Crippen LogP contribution in [-0.2, 0) is 0 Å². The van der Waals surface area contributed by atoms with E-state index in [0.29, 0.717) is 0 Å². The molecule has 1 N–H and O–H groups in total. The van der Waals surface area contributed by atoms with Crippen LogP contribution in [0.3, 0.4) is 0 Å². The molecule has 0 saturated heterocycles. The molecule has 0 bridgehead atoms. The number of carbonyl (C=O) groups excluding carboxylic acids is 1. The lowest BCUT2D eigenvalue weighted by molar-refractivity contribution is 0.0791. The molecule has 0 saturated carbocycles. The third kappa shape index (κ3) is 4.63. The van der Waals surface area contributed by atoms with Gasteiger partial charge < -0.3 is 10.0 Å². The van der Waals surface area contributed by atoms with Crippen molar-refractivity contribution in [3.8, 4) is 0 Å². The van der Waals surface area contributed by atoms with Gasteiger partial charge in [-0.1, -0.05) is 12.1 Å².